The normalized spacial score (nSPS) is 17.3. The van der Waals surface area contributed by atoms with Gasteiger partial charge in [0.25, 0.3) is 0 Å². The molecule has 0 radical (unpaired) electrons. The smallest absolute Gasteiger partial charge is 0.123 e. The van der Waals surface area contributed by atoms with Crippen molar-refractivity contribution in [2.75, 3.05) is 13.1 Å². The van der Waals surface area contributed by atoms with E-state index in [2.05, 4.69) is 104 Å². The number of hydrogen-bond acceptors (Lipinski definition) is 2. The van der Waals surface area contributed by atoms with Crippen molar-refractivity contribution in [3.8, 4) is 0 Å². The van der Waals surface area contributed by atoms with Gasteiger partial charge in [0.2, 0.25) is 0 Å². The highest BCUT2D eigenvalue weighted by atomic mass is 15.4. The van der Waals surface area contributed by atoms with Crippen LogP contribution in [0.25, 0.3) is 0 Å². The van der Waals surface area contributed by atoms with E-state index in [9.17, 15) is 0 Å². The zero-order chi connectivity index (χ0) is 29.7. The summed E-state index contributed by atoms with van der Waals surface area (Å²) in [7, 11) is 0. The van der Waals surface area contributed by atoms with Gasteiger partial charge in [-0.3, -0.25) is 0 Å². The molecule has 1 aliphatic heterocycles. The fraction of sp³-hybridized carbons (Fsp3) is 0.650. The molecule has 3 rings (SSSR count). The fourth-order valence-electron chi connectivity index (χ4n) is 7.27. The summed E-state index contributed by atoms with van der Waals surface area (Å²) in [6.07, 6.45) is 30.5. The lowest BCUT2D eigenvalue weighted by molar-refractivity contribution is -0.00378. The molecule has 0 N–H and O–H groups in total. The topological polar surface area (TPSA) is 6.48 Å². The maximum absolute atomic E-state index is 2.77. The fourth-order valence-corrected chi connectivity index (χ4v) is 7.27. The summed E-state index contributed by atoms with van der Waals surface area (Å²) < 4.78 is 0. The highest BCUT2D eigenvalue weighted by Crippen LogP contribution is 2.45. The van der Waals surface area contributed by atoms with E-state index in [1.54, 1.807) is 0 Å². The standard InChI is InChI=1S/C40H64N2/c1-4-7-9-11-13-15-17-19-27-33-42-35-34-41(32-26-18-16-14-12-10-8-5-2)40(42,36-37-28-22-20-23-29-37)39(6-3)38-30-24-21-25-31-38/h20-25,28-31,34-35,39H,4-19,26-27,32-33,36H2,1-3H3. The van der Waals surface area contributed by atoms with Crippen LogP contribution in [0.2, 0.25) is 0 Å². The van der Waals surface area contributed by atoms with Crippen molar-refractivity contribution in [1.82, 2.24) is 9.80 Å². The summed E-state index contributed by atoms with van der Waals surface area (Å²) in [6.45, 7) is 9.33. The quantitative estimate of drug-likeness (QED) is 0.115. The summed E-state index contributed by atoms with van der Waals surface area (Å²) in [5, 5.41) is 0. The first kappa shape index (κ1) is 34.3. The summed E-state index contributed by atoms with van der Waals surface area (Å²) >= 11 is 0. The molecule has 2 unspecified atom stereocenters. The molecule has 1 heterocycles. The van der Waals surface area contributed by atoms with E-state index in [-0.39, 0.29) is 5.66 Å². The van der Waals surface area contributed by atoms with Gasteiger partial charge in [0, 0.05) is 37.8 Å². The molecule has 0 saturated heterocycles. The highest BCUT2D eigenvalue weighted by Gasteiger charge is 2.49. The van der Waals surface area contributed by atoms with E-state index < -0.39 is 0 Å². The molecule has 2 aromatic carbocycles. The number of benzene rings is 2. The van der Waals surface area contributed by atoms with Gasteiger partial charge in [0.15, 0.2) is 0 Å². The molecular formula is C40H64N2. The molecule has 0 amide bonds. The molecule has 0 spiro atoms. The molecule has 2 nitrogen and oxygen atoms in total. The van der Waals surface area contributed by atoms with Gasteiger partial charge in [-0.15, -0.1) is 0 Å². The number of rotatable bonds is 24. The molecule has 234 valence electrons. The van der Waals surface area contributed by atoms with Crippen LogP contribution in [0.5, 0.6) is 0 Å². The van der Waals surface area contributed by atoms with Crippen molar-refractivity contribution in [2.45, 2.75) is 154 Å². The lowest BCUT2D eigenvalue weighted by Crippen LogP contribution is -2.59. The molecule has 2 atom stereocenters. The maximum Gasteiger partial charge on any atom is 0.123 e. The Balaban J connectivity index is 1.73. The largest absolute Gasteiger partial charge is 0.353 e. The molecule has 0 saturated carbocycles. The summed E-state index contributed by atoms with van der Waals surface area (Å²) in [5.41, 5.74) is 2.88. The van der Waals surface area contributed by atoms with Gasteiger partial charge in [-0.2, -0.15) is 0 Å². The van der Waals surface area contributed by atoms with Gasteiger partial charge in [-0.05, 0) is 30.4 Å². The van der Waals surface area contributed by atoms with Crippen molar-refractivity contribution < 1.29 is 0 Å². The summed E-state index contributed by atoms with van der Waals surface area (Å²) in [6, 6.07) is 22.7. The molecule has 42 heavy (non-hydrogen) atoms. The van der Waals surface area contributed by atoms with E-state index in [0.29, 0.717) is 5.92 Å². The number of hydrogen-bond donors (Lipinski definition) is 0. The van der Waals surface area contributed by atoms with Crippen LogP contribution in [0.4, 0.5) is 0 Å². The van der Waals surface area contributed by atoms with Crippen molar-refractivity contribution in [3.05, 3.63) is 84.2 Å². The Kier molecular flexibility index (Phi) is 16.8. The molecule has 2 heteroatoms. The molecule has 0 bridgehead atoms. The van der Waals surface area contributed by atoms with Crippen LogP contribution < -0.4 is 0 Å². The second-order valence-electron chi connectivity index (χ2n) is 12.9. The monoisotopic (exact) mass is 573 g/mol. The SMILES string of the molecule is CCCCCCCCCCCN1C=CN(CCCCCCCCCC)C1(Cc1ccccc1)C(CC)c1ccccc1. The third-order valence-corrected chi connectivity index (χ3v) is 9.65. The molecule has 0 fully saturated rings. The zero-order valence-electron chi connectivity index (χ0n) is 27.7. The lowest BCUT2D eigenvalue weighted by Gasteiger charge is -2.51. The van der Waals surface area contributed by atoms with Gasteiger partial charge < -0.3 is 9.80 Å². The Morgan fingerprint density at radius 1 is 0.500 bits per heavy atom. The van der Waals surface area contributed by atoms with Crippen molar-refractivity contribution >= 4 is 0 Å². The highest BCUT2D eigenvalue weighted by molar-refractivity contribution is 5.30. The predicted molar refractivity (Wildman–Crippen MR) is 185 cm³/mol. The Labute approximate surface area is 261 Å². The van der Waals surface area contributed by atoms with Crippen LogP contribution in [-0.4, -0.2) is 28.6 Å². The van der Waals surface area contributed by atoms with E-state index in [1.165, 1.54) is 120 Å². The van der Waals surface area contributed by atoms with Gasteiger partial charge >= 0.3 is 0 Å². The van der Waals surface area contributed by atoms with E-state index >= 15 is 0 Å². The van der Waals surface area contributed by atoms with Gasteiger partial charge in [-0.1, -0.05) is 178 Å². The third kappa shape index (κ3) is 10.8. The van der Waals surface area contributed by atoms with Gasteiger partial charge in [0.05, 0.1) is 0 Å². The van der Waals surface area contributed by atoms with E-state index in [1.807, 2.05) is 0 Å². The number of unbranched alkanes of at least 4 members (excludes halogenated alkanes) is 15. The van der Waals surface area contributed by atoms with Crippen molar-refractivity contribution in [1.29, 1.82) is 0 Å². The Hall–Kier alpha value is -2.22. The van der Waals surface area contributed by atoms with E-state index in [0.717, 1.165) is 25.9 Å². The van der Waals surface area contributed by atoms with Crippen LogP contribution in [0.3, 0.4) is 0 Å². The van der Waals surface area contributed by atoms with Gasteiger partial charge in [-0.25, -0.2) is 0 Å². The molecular weight excluding hydrogens is 508 g/mol. The molecule has 0 aliphatic carbocycles. The summed E-state index contributed by atoms with van der Waals surface area (Å²) in [5.74, 6) is 0.446. The van der Waals surface area contributed by atoms with Crippen LogP contribution >= 0.6 is 0 Å². The third-order valence-electron chi connectivity index (χ3n) is 9.65. The first-order valence-electron chi connectivity index (χ1n) is 18.1. The Morgan fingerprint density at radius 3 is 1.33 bits per heavy atom. The van der Waals surface area contributed by atoms with Crippen LogP contribution in [0.15, 0.2) is 73.1 Å². The van der Waals surface area contributed by atoms with Gasteiger partial charge in [0.1, 0.15) is 5.66 Å². The minimum atomic E-state index is -0.0568. The first-order chi connectivity index (χ1) is 20.8. The molecule has 0 aromatic heterocycles. The first-order valence-corrected chi connectivity index (χ1v) is 18.1. The summed E-state index contributed by atoms with van der Waals surface area (Å²) in [4.78, 5) is 5.54. The van der Waals surface area contributed by atoms with Crippen LogP contribution in [0, 0.1) is 0 Å². The number of nitrogens with zero attached hydrogens (tertiary/aromatic N) is 2. The van der Waals surface area contributed by atoms with Crippen LogP contribution in [0.1, 0.15) is 153 Å². The minimum absolute atomic E-state index is 0.0568. The maximum atomic E-state index is 2.77. The second kappa shape index (κ2) is 20.6. The average molecular weight is 573 g/mol. The molecule has 2 aromatic rings. The van der Waals surface area contributed by atoms with Crippen LogP contribution in [-0.2, 0) is 6.42 Å². The second-order valence-corrected chi connectivity index (χ2v) is 12.9. The minimum Gasteiger partial charge on any atom is -0.353 e. The lowest BCUT2D eigenvalue weighted by atomic mass is 9.78. The Bertz CT molecular complexity index is 939. The molecule has 1 aliphatic rings. The Morgan fingerprint density at radius 2 is 0.905 bits per heavy atom. The zero-order valence-corrected chi connectivity index (χ0v) is 27.7. The van der Waals surface area contributed by atoms with Crippen molar-refractivity contribution in [3.63, 3.8) is 0 Å². The predicted octanol–water partition coefficient (Wildman–Crippen LogP) is 11.9. The average Bonchev–Trinajstić information content (AvgIpc) is 3.35. The van der Waals surface area contributed by atoms with Crippen molar-refractivity contribution in [2.24, 2.45) is 0 Å². The van der Waals surface area contributed by atoms with E-state index in [4.69, 9.17) is 0 Å².